The lowest BCUT2D eigenvalue weighted by Gasteiger charge is -2.31. The van der Waals surface area contributed by atoms with E-state index in [-0.39, 0.29) is 5.91 Å². The van der Waals surface area contributed by atoms with Crippen molar-refractivity contribution in [2.45, 2.75) is 51.4 Å². The van der Waals surface area contributed by atoms with Gasteiger partial charge in [-0.2, -0.15) is 0 Å². The summed E-state index contributed by atoms with van der Waals surface area (Å²) in [5, 5.41) is 2.19. The summed E-state index contributed by atoms with van der Waals surface area (Å²) in [5.41, 5.74) is 2.70. The molecule has 23 heavy (non-hydrogen) atoms. The molecule has 0 aromatic heterocycles. The largest absolute Gasteiger partial charge is 0.304 e. The standard InChI is InChI=1S/C19H28N2O2/c1-3-21-12-10-18(11-13-21)17-7-5-16(6-8-17)15(2)4-9-19(23)20-14-22/h5-8,14-15,18H,3-4,9-13H2,1-2H3,(H,20,22,23). The monoisotopic (exact) mass is 316 g/mol. The van der Waals surface area contributed by atoms with Crippen LogP contribution < -0.4 is 5.32 Å². The van der Waals surface area contributed by atoms with Crippen LogP contribution in [0.3, 0.4) is 0 Å². The third kappa shape index (κ3) is 5.17. The van der Waals surface area contributed by atoms with E-state index in [0.717, 1.165) is 13.0 Å². The summed E-state index contributed by atoms with van der Waals surface area (Å²) in [5.74, 6) is 0.801. The lowest BCUT2D eigenvalue weighted by atomic mass is 9.87. The lowest BCUT2D eigenvalue weighted by molar-refractivity contribution is -0.125. The first-order chi connectivity index (χ1) is 11.1. The van der Waals surface area contributed by atoms with Crippen molar-refractivity contribution in [3.8, 4) is 0 Å². The number of carbonyl (C=O) groups is 2. The van der Waals surface area contributed by atoms with Gasteiger partial charge in [0.25, 0.3) is 0 Å². The van der Waals surface area contributed by atoms with Crippen LogP contribution in [0.2, 0.25) is 0 Å². The molecule has 1 aromatic rings. The second-order valence-electron chi connectivity index (χ2n) is 6.50. The van der Waals surface area contributed by atoms with Crippen LogP contribution in [-0.2, 0) is 9.59 Å². The van der Waals surface area contributed by atoms with Crippen LogP contribution in [0.15, 0.2) is 24.3 Å². The number of nitrogens with zero attached hydrogens (tertiary/aromatic N) is 1. The predicted octanol–water partition coefficient (Wildman–Crippen LogP) is 3.04. The number of carbonyl (C=O) groups excluding carboxylic acids is 2. The minimum atomic E-state index is -0.203. The fraction of sp³-hybridized carbons (Fsp3) is 0.579. The number of likely N-dealkylation sites (tertiary alicyclic amines) is 1. The highest BCUT2D eigenvalue weighted by atomic mass is 16.2. The third-order valence-electron chi connectivity index (χ3n) is 5.04. The molecule has 0 radical (unpaired) electrons. The number of amides is 2. The lowest BCUT2D eigenvalue weighted by Crippen LogP contribution is -2.32. The average Bonchev–Trinajstić information content (AvgIpc) is 2.60. The maximum absolute atomic E-state index is 11.3. The first-order valence-electron chi connectivity index (χ1n) is 8.69. The number of hydrogen-bond acceptors (Lipinski definition) is 3. The van der Waals surface area contributed by atoms with Crippen LogP contribution in [0.4, 0.5) is 0 Å². The van der Waals surface area contributed by atoms with Crippen LogP contribution in [-0.4, -0.2) is 36.9 Å². The molecule has 1 saturated heterocycles. The van der Waals surface area contributed by atoms with Crippen LogP contribution in [0.25, 0.3) is 0 Å². The number of imide groups is 1. The fourth-order valence-corrected chi connectivity index (χ4v) is 3.33. The first-order valence-corrected chi connectivity index (χ1v) is 8.69. The Balaban J connectivity index is 1.86. The zero-order valence-corrected chi connectivity index (χ0v) is 14.3. The van der Waals surface area contributed by atoms with Crippen molar-refractivity contribution in [3.63, 3.8) is 0 Å². The quantitative estimate of drug-likeness (QED) is 0.787. The molecule has 1 aromatic carbocycles. The molecular weight excluding hydrogens is 288 g/mol. The number of hydrogen-bond donors (Lipinski definition) is 1. The normalized spacial score (nSPS) is 17.7. The molecule has 1 aliphatic heterocycles. The second-order valence-corrected chi connectivity index (χ2v) is 6.50. The summed E-state index contributed by atoms with van der Waals surface area (Å²) in [4.78, 5) is 24.1. The molecule has 4 nitrogen and oxygen atoms in total. The van der Waals surface area contributed by atoms with E-state index in [2.05, 4.69) is 48.3 Å². The van der Waals surface area contributed by atoms with Crippen LogP contribution >= 0.6 is 0 Å². The molecular formula is C19H28N2O2. The summed E-state index contributed by atoms with van der Waals surface area (Å²) < 4.78 is 0. The van der Waals surface area contributed by atoms with Gasteiger partial charge in [0.2, 0.25) is 12.3 Å². The molecule has 0 spiro atoms. The van der Waals surface area contributed by atoms with Gasteiger partial charge in [0.05, 0.1) is 0 Å². The SMILES string of the molecule is CCN1CCC(c2ccc(C(C)CCC(=O)NC=O)cc2)CC1. The van der Waals surface area contributed by atoms with Gasteiger partial charge < -0.3 is 4.90 Å². The zero-order chi connectivity index (χ0) is 16.7. The molecule has 0 bridgehead atoms. The van der Waals surface area contributed by atoms with Crippen molar-refractivity contribution < 1.29 is 9.59 Å². The first kappa shape index (κ1) is 17.7. The van der Waals surface area contributed by atoms with E-state index in [0.29, 0.717) is 24.7 Å². The Kier molecular flexibility index (Phi) is 6.78. The summed E-state index contributed by atoms with van der Waals surface area (Å²) in [6.45, 7) is 7.91. The molecule has 1 N–H and O–H groups in total. The highest BCUT2D eigenvalue weighted by Crippen LogP contribution is 2.29. The van der Waals surface area contributed by atoms with Crippen molar-refractivity contribution in [1.29, 1.82) is 0 Å². The average molecular weight is 316 g/mol. The van der Waals surface area contributed by atoms with Crippen LogP contribution in [0.1, 0.15) is 62.5 Å². The van der Waals surface area contributed by atoms with Gasteiger partial charge in [-0.15, -0.1) is 0 Å². The van der Waals surface area contributed by atoms with Gasteiger partial charge in [0, 0.05) is 6.42 Å². The molecule has 126 valence electrons. The zero-order valence-electron chi connectivity index (χ0n) is 14.3. The maximum atomic E-state index is 11.3. The number of nitrogens with one attached hydrogen (secondary N) is 1. The van der Waals surface area contributed by atoms with Gasteiger partial charge >= 0.3 is 0 Å². The Hall–Kier alpha value is -1.68. The van der Waals surface area contributed by atoms with Crippen molar-refractivity contribution in [2.75, 3.05) is 19.6 Å². The molecule has 0 aliphatic carbocycles. The second kappa shape index (κ2) is 8.82. The van der Waals surface area contributed by atoms with E-state index in [4.69, 9.17) is 0 Å². The third-order valence-corrected chi connectivity index (χ3v) is 5.04. The smallest absolute Gasteiger partial charge is 0.226 e. The molecule has 1 aliphatic rings. The van der Waals surface area contributed by atoms with E-state index in [9.17, 15) is 9.59 Å². The Morgan fingerprint density at radius 2 is 1.96 bits per heavy atom. The van der Waals surface area contributed by atoms with E-state index in [1.807, 2.05) is 0 Å². The van der Waals surface area contributed by atoms with Crippen LogP contribution in [0.5, 0.6) is 0 Å². The number of benzene rings is 1. The summed E-state index contributed by atoms with van der Waals surface area (Å²) in [7, 11) is 0. The molecule has 1 heterocycles. The summed E-state index contributed by atoms with van der Waals surface area (Å²) in [6, 6.07) is 8.90. The molecule has 4 heteroatoms. The highest BCUT2D eigenvalue weighted by molar-refractivity contribution is 5.85. The minimum absolute atomic E-state index is 0.203. The van der Waals surface area contributed by atoms with Crippen molar-refractivity contribution >= 4 is 12.3 Å². The maximum Gasteiger partial charge on any atom is 0.226 e. The molecule has 2 amide bonds. The number of rotatable bonds is 7. The predicted molar refractivity (Wildman–Crippen MR) is 92.4 cm³/mol. The number of piperidine rings is 1. The highest BCUT2D eigenvalue weighted by Gasteiger charge is 2.19. The Labute approximate surface area is 139 Å². The molecule has 0 saturated carbocycles. The molecule has 1 unspecified atom stereocenters. The Morgan fingerprint density at radius 3 is 2.52 bits per heavy atom. The van der Waals surface area contributed by atoms with Gasteiger partial charge in [-0.1, -0.05) is 38.1 Å². The van der Waals surface area contributed by atoms with Crippen molar-refractivity contribution in [2.24, 2.45) is 0 Å². The topological polar surface area (TPSA) is 49.4 Å². The van der Waals surface area contributed by atoms with Crippen LogP contribution in [0, 0.1) is 0 Å². The molecule has 2 rings (SSSR count). The summed E-state index contributed by atoms with van der Waals surface area (Å²) >= 11 is 0. The van der Waals surface area contributed by atoms with E-state index >= 15 is 0 Å². The van der Waals surface area contributed by atoms with Crippen molar-refractivity contribution in [1.82, 2.24) is 10.2 Å². The van der Waals surface area contributed by atoms with Gasteiger partial charge in [-0.3, -0.25) is 14.9 Å². The van der Waals surface area contributed by atoms with E-state index in [1.54, 1.807) is 0 Å². The van der Waals surface area contributed by atoms with Gasteiger partial charge in [0.1, 0.15) is 0 Å². The van der Waals surface area contributed by atoms with Gasteiger partial charge in [0.15, 0.2) is 0 Å². The van der Waals surface area contributed by atoms with E-state index < -0.39 is 0 Å². The van der Waals surface area contributed by atoms with E-state index in [1.165, 1.54) is 37.1 Å². The summed E-state index contributed by atoms with van der Waals surface area (Å²) in [6.07, 6.45) is 4.08. The van der Waals surface area contributed by atoms with Gasteiger partial charge in [-0.25, -0.2) is 0 Å². The minimum Gasteiger partial charge on any atom is -0.304 e. The Morgan fingerprint density at radius 1 is 1.30 bits per heavy atom. The van der Waals surface area contributed by atoms with Gasteiger partial charge in [-0.05, 0) is 61.9 Å². The molecule has 1 fully saturated rings. The molecule has 1 atom stereocenters. The Bertz CT molecular complexity index is 505. The van der Waals surface area contributed by atoms with Crippen molar-refractivity contribution in [3.05, 3.63) is 35.4 Å². The fourth-order valence-electron chi connectivity index (χ4n) is 3.33.